The summed E-state index contributed by atoms with van der Waals surface area (Å²) >= 11 is 0. The van der Waals surface area contributed by atoms with E-state index in [9.17, 15) is 9.59 Å². The molecule has 2 aliphatic heterocycles. The number of anilines is 1. The number of carbonyl (C=O) groups excluding carboxylic acids is 2. The molecule has 0 aliphatic carbocycles. The van der Waals surface area contributed by atoms with Gasteiger partial charge in [0.1, 0.15) is 6.54 Å². The molecule has 0 bridgehead atoms. The van der Waals surface area contributed by atoms with Gasteiger partial charge >= 0.3 is 6.03 Å². The van der Waals surface area contributed by atoms with E-state index < -0.39 is 0 Å². The summed E-state index contributed by atoms with van der Waals surface area (Å²) < 4.78 is 0. The second-order valence-corrected chi connectivity index (χ2v) is 9.10. The van der Waals surface area contributed by atoms with E-state index in [-0.39, 0.29) is 18.5 Å². The summed E-state index contributed by atoms with van der Waals surface area (Å²) in [5.74, 6) is 0.502. The van der Waals surface area contributed by atoms with Gasteiger partial charge in [0.2, 0.25) is 5.91 Å². The highest BCUT2D eigenvalue weighted by Crippen LogP contribution is 2.23. The number of carbonyl (C=O) groups is 2. The summed E-state index contributed by atoms with van der Waals surface area (Å²) in [6.45, 7) is 9.69. The third-order valence-electron chi connectivity index (χ3n) is 6.49. The smallest absolute Gasteiger partial charge is 0.325 e. The fourth-order valence-corrected chi connectivity index (χ4v) is 4.35. The molecule has 2 aromatic rings. The Kier molecular flexibility index (Phi) is 7.45. The summed E-state index contributed by atoms with van der Waals surface area (Å²) in [4.78, 5) is 33.4. The fraction of sp³-hybridized carbons (Fsp3) is 0.407. The van der Waals surface area contributed by atoms with Gasteiger partial charge in [-0.3, -0.25) is 14.6 Å². The Morgan fingerprint density at radius 3 is 2.27 bits per heavy atom. The molecule has 0 N–H and O–H groups in total. The van der Waals surface area contributed by atoms with Gasteiger partial charge < -0.3 is 9.80 Å². The standard InChI is InChI=1S/C27H34N4O2/c1-22(2)24-10-12-25(13-11-24)31-20-19-30(27(31)33)21-26(32)29-17-15-28(16-18-29)14-6-9-23-7-4-3-5-8-23/h3-13,22H,14-21H2,1-2H3/b9-6+. The molecular formula is C27H34N4O2. The van der Waals surface area contributed by atoms with Crippen molar-refractivity contribution in [2.45, 2.75) is 19.8 Å². The van der Waals surface area contributed by atoms with E-state index in [1.807, 2.05) is 35.2 Å². The first-order valence-electron chi connectivity index (χ1n) is 11.9. The quantitative estimate of drug-likeness (QED) is 0.648. The number of hydrogen-bond donors (Lipinski definition) is 0. The number of rotatable bonds is 7. The zero-order valence-corrected chi connectivity index (χ0v) is 19.7. The van der Waals surface area contributed by atoms with E-state index >= 15 is 0 Å². The largest absolute Gasteiger partial charge is 0.339 e. The molecule has 0 radical (unpaired) electrons. The molecule has 0 atom stereocenters. The van der Waals surface area contributed by atoms with E-state index in [2.05, 4.69) is 55.2 Å². The Balaban J connectivity index is 1.23. The zero-order chi connectivity index (χ0) is 23.2. The monoisotopic (exact) mass is 446 g/mol. The van der Waals surface area contributed by atoms with Crippen LogP contribution in [0.2, 0.25) is 0 Å². The minimum atomic E-state index is -0.0784. The lowest BCUT2D eigenvalue weighted by atomic mass is 10.0. The SMILES string of the molecule is CC(C)c1ccc(N2CCN(CC(=O)N3CCN(C/C=C/c4ccccc4)CC3)C2=O)cc1. The van der Waals surface area contributed by atoms with Gasteiger partial charge in [0.05, 0.1) is 0 Å². The first-order chi connectivity index (χ1) is 16.0. The molecule has 2 aliphatic rings. The second-order valence-electron chi connectivity index (χ2n) is 9.10. The number of urea groups is 1. The Bertz CT molecular complexity index is 963. The predicted octanol–water partition coefficient (Wildman–Crippen LogP) is 3.91. The summed E-state index contributed by atoms with van der Waals surface area (Å²) in [6, 6.07) is 18.4. The maximum Gasteiger partial charge on any atom is 0.325 e. The maximum atomic E-state index is 12.9. The van der Waals surface area contributed by atoms with Gasteiger partial charge in [0, 0.05) is 51.5 Å². The van der Waals surface area contributed by atoms with Gasteiger partial charge in [-0.2, -0.15) is 0 Å². The average molecular weight is 447 g/mol. The van der Waals surface area contributed by atoms with Gasteiger partial charge in [-0.05, 0) is 29.2 Å². The van der Waals surface area contributed by atoms with Gasteiger partial charge in [-0.25, -0.2) is 4.79 Å². The molecule has 174 valence electrons. The molecule has 0 saturated carbocycles. The summed E-state index contributed by atoms with van der Waals surface area (Å²) in [5, 5.41) is 0. The molecule has 0 spiro atoms. The van der Waals surface area contributed by atoms with Crippen LogP contribution in [-0.2, 0) is 4.79 Å². The highest BCUT2D eigenvalue weighted by Gasteiger charge is 2.32. The van der Waals surface area contributed by atoms with Crippen molar-refractivity contribution in [3.8, 4) is 0 Å². The molecule has 0 aromatic heterocycles. The molecule has 4 rings (SSSR count). The summed E-state index contributed by atoms with van der Waals surface area (Å²) in [7, 11) is 0. The summed E-state index contributed by atoms with van der Waals surface area (Å²) in [6.07, 6.45) is 4.32. The van der Waals surface area contributed by atoms with E-state index in [1.165, 1.54) is 11.1 Å². The maximum absolute atomic E-state index is 12.9. The first-order valence-corrected chi connectivity index (χ1v) is 11.9. The molecular weight excluding hydrogens is 412 g/mol. The van der Waals surface area contributed by atoms with Crippen LogP contribution in [0.15, 0.2) is 60.7 Å². The van der Waals surface area contributed by atoms with Crippen LogP contribution in [-0.4, -0.2) is 79.0 Å². The molecule has 6 heteroatoms. The van der Waals surface area contributed by atoms with Crippen LogP contribution < -0.4 is 4.90 Å². The van der Waals surface area contributed by atoms with Crippen molar-refractivity contribution < 1.29 is 9.59 Å². The highest BCUT2D eigenvalue weighted by molar-refractivity contribution is 5.96. The molecule has 2 fully saturated rings. The van der Waals surface area contributed by atoms with E-state index in [0.717, 1.165) is 25.3 Å². The van der Waals surface area contributed by atoms with Crippen LogP contribution in [0.3, 0.4) is 0 Å². The van der Waals surface area contributed by atoms with Crippen LogP contribution >= 0.6 is 0 Å². The van der Waals surface area contributed by atoms with Crippen molar-refractivity contribution in [2.24, 2.45) is 0 Å². The van der Waals surface area contributed by atoms with Crippen molar-refractivity contribution in [1.29, 1.82) is 0 Å². The second kappa shape index (κ2) is 10.7. The third-order valence-corrected chi connectivity index (χ3v) is 6.49. The van der Waals surface area contributed by atoms with Gasteiger partial charge in [0.25, 0.3) is 0 Å². The minimum Gasteiger partial charge on any atom is -0.339 e. The fourth-order valence-electron chi connectivity index (χ4n) is 4.35. The third kappa shape index (κ3) is 5.82. The van der Waals surface area contributed by atoms with Crippen LogP contribution in [0.5, 0.6) is 0 Å². The molecule has 2 heterocycles. The normalized spacial score (nSPS) is 17.5. The highest BCUT2D eigenvalue weighted by atomic mass is 16.2. The number of benzene rings is 2. The number of piperazine rings is 1. The molecule has 6 nitrogen and oxygen atoms in total. The van der Waals surface area contributed by atoms with Gasteiger partial charge in [0.15, 0.2) is 0 Å². The number of nitrogens with zero attached hydrogens (tertiary/aromatic N) is 4. The zero-order valence-electron chi connectivity index (χ0n) is 19.7. The molecule has 0 unspecified atom stereocenters. The Hall–Kier alpha value is -3.12. The lowest BCUT2D eigenvalue weighted by molar-refractivity contribution is -0.133. The van der Waals surface area contributed by atoms with Crippen molar-refractivity contribution >= 4 is 23.7 Å². The molecule has 33 heavy (non-hydrogen) atoms. The van der Waals surface area contributed by atoms with Crippen LogP contribution in [0.25, 0.3) is 6.08 Å². The predicted molar refractivity (Wildman–Crippen MR) is 133 cm³/mol. The van der Waals surface area contributed by atoms with Crippen molar-refractivity contribution in [3.05, 3.63) is 71.8 Å². The van der Waals surface area contributed by atoms with Gasteiger partial charge in [-0.15, -0.1) is 0 Å². The lowest BCUT2D eigenvalue weighted by Crippen LogP contribution is -2.51. The first kappa shape index (κ1) is 23.1. The molecule has 2 aromatic carbocycles. The Labute approximate surface area is 197 Å². The van der Waals surface area contributed by atoms with E-state index in [0.29, 0.717) is 32.1 Å². The van der Waals surface area contributed by atoms with E-state index in [1.54, 1.807) is 9.80 Å². The van der Waals surface area contributed by atoms with Crippen LogP contribution in [0.1, 0.15) is 30.9 Å². The van der Waals surface area contributed by atoms with Crippen molar-refractivity contribution in [1.82, 2.24) is 14.7 Å². The van der Waals surface area contributed by atoms with Gasteiger partial charge in [-0.1, -0.05) is 68.5 Å². The molecule has 3 amide bonds. The van der Waals surface area contributed by atoms with Crippen molar-refractivity contribution in [3.63, 3.8) is 0 Å². The van der Waals surface area contributed by atoms with E-state index in [4.69, 9.17) is 0 Å². The van der Waals surface area contributed by atoms with Crippen molar-refractivity contribution in [2.75, 3.05) is 57.3 Å². The Morgan fingerprint density at radius 2 is 1.61 bits per heavy atom. The van der Waals surface area contributed by atoms with Crippen LogP contribution in [0, 0.1) is 0 Å². The topological polar surface area (TPSA) is 47.1 Å². The van der Waals surface area contributed by atoms with Crippen LogP contribution in [0.4, 0.5) is 10.5 Å². The minimum absolute atomic E-state index is 0.0415. The number of hydrogen-bond acceptors (Lipinski definition) is 3. The number of amides is 3. The Morgan fingerprint density at radius 1 is 0.909 bits per heavy atom. The summed E-state index contributed by atoms with van der Waals surface area (Å²) in [5.41, 5.74) is 3.36. The molecule has 2 saturated heterocycles. The lowest BCUT2D eigenvalue weighted by Gasteiger charge is -2.35. The average Bonchev–Trinajstić information content (AvgIpc) is 3.20.